The number of nitrogens with one attached hydrogen (secondary N) is 2. The summed E-state index contributed by atoms with van der Waals surface area (Å²) in [7, 11) is 1.26. The molecule has 0 radical (unpaired) electrons. The van der Waals surface area contributed by atoms with E-state index in [-0.39, 0.29) is 24.8 Å². The minimum atomic E-state index is -0.506. The van der Waals surface area contributed by atoms with Gasteiger partial charge in [-0.25, -0.2) is 9.50 Å². The molecule has 10 heteroatoms. The summed E-state index contributed by atoms with van der Waals surface area (Å²) in [6.45, 7) is 3.67. The number of esters is 1. The lowest BCUT2D eigenvalue weighted by atomic mass is 10.1. The lowest BCUT2D eigenvalue weighted by molar-refractivity contribution is -0.141. The predicted molar refractivity (Wildman–Crippen MR) is 112 cm³/mol. The van der Waals surface area contributed by atoms with Crippen LogP contribution in [-0.4, -0.2) is 51.0 Å². The maximum absolute atomic E-state index is 12.4. The number of aromatic nitrogens is 4. The number of benzene rings is 1. The number of carbonyl (C=O) groups is 3. The molecular formula is C21H24N6O4. The van der Waals surface area contributed by atoms with E-state index in [1.807, 2.05) is 13.8 Å². The van der Waals surface area contributed by atoms with E-state index < -0.39 is 5.97 Å². The number of amides is 2. The van der Waals surface area contributed by atoms with Crippen LogP contribution in [0.3, 0.4) is 0 Å². The quantitative estimate of drug-likeness (QED) is 0.519. The maximum Gasteiger partial charge on any atom is 0.325 e. The number of fused-ring (bicyclic) bond motifs is 1. The van der Waals surface area contributed by atoms with E-state index in [9.17, 15) is 14.4 Å². The molecule has 0 atom stereocenters. The highest BCUT2D eigenvalue weighted by molar-refractivity contribution is 5.91. The number of ether oxygens (including phenoxy) is 1. The molecule has 0 unspecified atom stereocenters. The molecule has 10 nitrogen and oxygen atoms in total. The summed E-state index contributed by atoms with van der Waals surface area (Å²) in [5.74, 6) is -0.372. The van der Waals surface area contributed by atoms with E-state index in [0.717, 1.165) is 22.5 Å². The van der Waals surface area contributed by atoms with Gasteiger partial charge < -0.3 is 15.4 Å². The number of carbonyl (C=O) groups excluding carboxylic acids is 3. The Balaban J connectivity index is 1.52. The standard InChI is InChI=1S/C21H24N6O4/c1-13-17(14(2)27-21(25-13)23-12-24-27)8-9-18(28)26-16-6-4-15(5-7-16)10-19(29)22-11-20(30)31-3/h4-7,12H,8-11H2,1-3H3,(H,22,29)(H,26,28). The molecule has 2 aromatic heterocycles. The molecule has 2 amide bonds. The van der Waals surface area contributed by atoms with Gasteiger partial charge in [-0.15, -0.1) is 0 Å². The van der Waals surface area contributed by atoms with Gasteiger partial charge >= 0.3 is 5.97 Å². The Morgan fingerprint density at radius 1 is 1.10 bits per heavy atom. The summed E-state index contributed by atoms with van der Waals surface area (Å²) in [5, 5.41) is 9.50. The van der Waals surface area contributed by atoms with Crippen LogP contribution in [0, 0.1) is 13.8 Å². The van der Waals surface area contributed by atoms with Gasteiger partial charge in [-0.2, -0.15) is 10.1 Å². The highest BCUT2D eigenvalue weighted by atomic mass is 16.5. The molecule has 2 N–H and O–H groups in total. The summed E-state index contributed by atoms with van der Waals surface area (Å²) < 4.78 is 6.14. The largest absolute Gasteiger partial charge is 0.468 e. The minimum Gasteiger partial charge on any atom is -0.468 e. The SMILES string of the molecule is COC(=O)CNC(=O)Cc1ccc(NC(=O)CCc2c(C)nc3ncnn3c2C)cc1. The fourth-order valence-corrected chi connectivity index (χ4v) is 3.18. The van der Waals surface area contributed by atoms with Gasteiger partial charge in [0.2, 0.25) is 11.8 Å². The number of nitrogens with zero attached hydrogens (tertiary/aromatic N) is 4. The summed E-state index contributed by atoms with van der Waals surface area (Å²) in [6.07, 6.45) is 2.41. The van der Waals surface area contributed by atoms with Crippen molar-refractivity contribution in [2.45, 2.75) is 33.1 Å². The number of anilines is 1. The van der Waals surface area contributed by atoms with Gasteiger partial charge in [-0.3, -0.25) is 14.4 Å². The monoisotopic (exact) mass is 424 g/mol. The third-order valence-corrected chi connectivity index (χ3v) is 4.85. The lowest BCUT2D eigenvalue weighted by Crippen LogP contribution is -2.31. The summed E-state index contributed by atoms with van der Waals surface area (Å²) in [4.78, 5) is 43.8. The summed E-state index contributed by atoms with van der Waals surface area (Å²) in [5.41, 5.74) is 4.13. The van der Waals surface area contributed by atoms with Crippen LogP contribution in [0.2, 0.25) is 0 Å². The Bertz CT molecular complexity index is 1110. The maximum atomic E-state index is 12.4. The summed E-state index contributed by atoms with van der Waals surface area (Å²) in [6, 6.07) is 6.98. The van der Waals surface area contributed by atoms with Crippen LogP contribution in [-0.2, 0) is 32.0 Å². The zero-order chi connectivity index (χ0) is 22.4. The third-order valence-electron chi connectivity index (χ3n) is 4.85. The molecule has 2 heterocycles. The molecule has 0 spiro atoms. The van der Waals surface area contributed by atoms with E-state index in [0.29, 0.717) is 24.3 Å². The van der Waals surface area contributed by atoms with Crippen molar-refractivity contribution in [3.05, 3.63) is 53.1 Å². The van der Waals surface area contributed by atoms with Crippen LogP contribution in [0.1, 0.15) is 28.9 Å². The molecule has 0 bridgehead atoms. The fraction of sp³-hybridized carbons (Fsp3) is 0.333. The number of hydrogen-bond donors (Lipinski definition) is 2. The average molecular weight is 424 g/mol. The Kier molecular flexibility index (Phi) is 6.91. The molecular weight excluding hydrogens is 400 g/mol. The molecule has 3 aromatic rings. The molecule has 162 valence electrons. The smallest absolute Gasteiger partial charge is 0.325 e. The van der Waals surface area contributed by atoms with Crippen molar-refractivity contribution in [1.29, 1.82) is 0 Å². The van der Waals surface area contributed by atoms with Crippen molar-refractivity contribution in [2.24, 2.45) is 0 Å². The Labute approximate surface area is 179 Å². The first-order valence-electron chi connectivity index (χ1n) is 9.75. The first-order valence-corrected chi connectivity index (χ1v) is 9.75. The van der Waals surface area contributed by atoms with Crippen LogP contribution in [0.15, 0.2) is 30.6 Å². The topological polar surface area (TPSA) is 128 Å². The third kappa shape index (κ3) is 5.62. The van der Waals surface area contributed by atoms with Gasteiger partial charge in [0.05, 0.1) is 13.5 Å². The van der Waals surface area contributed by atoms with Crippen LogP contribution in [0.4, 0.5) is 5.69 Å². The Hall–Kier alpha value is -3.82. The number of aryl methyl sites for hydroxylation is 2. The van der Waals surface area contributed by atoms with Gasteiger partial charge in [-0.1, -0.05) is 12.1 Å². The van der Waals surface area contributed by atoms with Crippen molar-refractivity contribution >= 4 is 29.2 Å². The zero-order valence-corrected chi connectivity index (χ0v) is 17.6. The second kappa shape index (κ2) is 9.79. The van der Waals surface area contributed by atoms with Crippen LogP contribution < -0.4 is 10.6 Å². The van der Waals surface area contributed by atoms with Gasteiger partial charge in [0.15, 0.2) is 0 Å². The van der Waals surface area contributed by atoms with E-state index in [2.05, 4.69) is 30.4 Å². The molecule has 0 aliphatic rings. The molecule has 0 saturated carbocycles. The zero-order valence-electron chi connectivity index (χ0n) is 17.6. The molecule has 0 saturated heterocycles. The van der Waals surface area contributed by atoms with Crippen molar-refractivity contribution in [2.75, 3.05) is 19.0 Å². The fourth-order valence-electron chi connectivity index (χ4n) is 3.18. The Morgan fingerprint density at radius 3 is 2.55 bits per heavy atom. The van der Waals surface area contributed by atoms with Gasteiger partial charge in [-0.05, 0) is 43.5 Å². The average Bonchev–Trinajstić information content (AvgIpc) is 3.21. The van der Waals surface area contributed by atoms with Crippen LogP contribution >= 0.6 is 0 Å². The molecule has 0 fully saturated rings. The number of methoxy groups -OCH3 is 1. The number of rotatable bonds is 8. The van der Waals surface area contributed by atoms with Crippen molar-refractivity contribution in [3.63, 3.8) is 0 Å². The lowest BCUT2D eigenvalue weighted by Gasteiger charge is -2.11. The van der Waals surface area contributed by atoms with Gasteiger partial charge in [0.25, 0.3) is 5.78 Å². The van der Waals surface area contributed by atoms with Gasteiger partial charge in [0, 0.05) is 23.5 Å². The van der Waals surface area contributed by atoms with Crippen molar-refractivity contribution in [1.82, 2.24) is 24.9 Å². The van der Waals surface area contributed by atoms with Crippen LogP contribution in [0.25, 0.3) is 5.78 Å². The van der Waals surface area contributed by atoms with E-state index in [1.165, 1.54) is 13.4 Å². The highest BCUT2D eigenvalue weighted by Gasteiger charge is 2.13. The highest BCUT2D eigenvalue weighted by Crippen LogP contribution is 2.16. The van der Waals surface area contributed by atoms with Crippen molar-refractivity contribution < 1.29 is 19.1 Å². The second-order valence-corrected chi connectivity index (χ2v) is 7.01. The van der Waals surface area contributed by atoms with E-state index >= 15 is 0 Å². The van der Waals surface area contributed by atoms with E-state index in [1.54, 1.807) is 28.8 Å². The minimum absolute atomic E-state index is 0.124. The first kappa shape index (κ1) is 21.9. The predicted octanol–water partition coefficient (Wildman–Crippen LogP) is 1.14. The normalized spacial score (nSPS) is 10.7. The van der Waals surface area contributed by atoms with Gasteiger partial charge in [0.1, 0.15) is 12.9 Å². The molecule has 31 heavy (non-hydrogen) atoms. The second-order valence-electron chi connectivity index (χ2n) is 7.01. The molecule has 0 aliphatic heterocycles. The molecule has 3 rings (SSSR count). The first-order chi connectivity index (χ1) is 14.9. The Morgan fingerprint density at radius 2 is 1.84 bits per heavy atom. The molecule has 0 aliphatic carbocycles. The summed E-state index contributed by atoms with van der Waals surface area (Å²) >= 11 is 0. The van der Waals surface area contributed by atoms with Crippen molar-refractivity contribution in [3.8, 4) is 0 Å². The van der Waals surface area contributed by atoms with E-state index in [4.69, 9.17) is 0 Å². The molecule has 1 aromatic carbocycles. The van der Waals surface area contributed by atoms with Crippen LogP contribution in [0.5, 0.6) is 0 Å². The number of hydrogen-bond acceptors (Lipinski definition) is 7.